The van der Waals surface area contributed by atoms with Crippen LogP contribution in [0.25, 0.3) is 0 Å². The van der Waals surface area contributed by atoms with Gasteiger partial charge in [0.25, 0.3) is 0 Å². The molecule has 1 aliphatic rings. The lowest BCUT2D eigenvalue weighted by molar-refractivity contribution is -0.177. The second-order valence-electron chi connectivity index (χ2n) is 9.95. The fourth-order valence-corrected chi connectivity index (χ4v) is 5.48. The van der Waals surface area contributed by atoms with Gasteiger partial charge in [0, 0.05) is 0 Å². The van der Waals surface area contributed by atoms with Gasteiger partial charge in [-0.05, 0) is 32.6 Å². The van der Waals surface area contributed by atoms with Crippen molar-refractivity contribution in [2.24, 2.45) is 10.8 Å². The largest absolute Gasteiger partial charge is 0.481 e. The number of hydrogen-bond donors (Lipinski definition) is 2. The molecule has 1 aliphatic carbocycles. The van der Waals surface area contributed by atoms with E-state index in [1.807, 2.05) is 13.0 Å². The second kappa shape index (κ2) is 14.7. The normalized spacial score (nSPS) is 23.5. The van der Waals surface area contributed by atoms with Crippen molar-refractivity contribution in [3.05, 3.63) is 11.6 Å². The lowest BCUT2D eigenvalue weighted by atomic mass is 9.52. The van der Waals surface area contributed by atoms with Crippen LogP contribution in [0.1, 0.15) is 136 Å². The third-order valence-corrected chi connectivity index (χ3v) is 7.53. The Morgan fingerprint density at radius 1 is 0.710 bits per heavy atom. The molecule has 0 heterocycles. The highest BCUT2D eigenvalue weighted by atomic mass is 16.4. The molecule has 0 saturated carbocycles. The third kappa shape index (κ3) is 7.95. The highest BCUT2D eigenvalue weighted by molar-refractivity contribution is 5.87. The van der Waals surface area contributed by atoms with Gasteiger partial charge < -0.3 is 10.2 Å². The molecule has 0 fully saturated rings. The summed E-state index contributed by atoms with van der Waals surface area (Å²) in [5.74, 6) is -1.82. The molecule has 0 aromatic rings. The van der Waals surface area contributed by atoms with E-state index in [-0.39, 0.29) is 0 Å². The van der Waals surface area contributed by atoms with Crippen molar-refractivity contribution in [2.75, 3.05) is 0 Å². The van der Waals surface area contributed by atoms with Crippen LogP contribution >= 0.6 is 0 Å². The molecule has 2 unspecified atom stereocenters. The fraction of sp³-hybridized carbons (Fsp3) is 0.852. The van der Waals surface area contributed by atoms with Crippen molar-refractivity contribution >= 4 is 11.9 Å². The number of hydrogen-bond acceptors (Lipinski definition) is 2. The van der Waals surface area contributed by atoms with Crippen molar-refractivity contribution in [1.82, 2.24) is 0 Å². The number of allylic oxidation sites excluding steroid dienone is 2. The summed E-state index contributed by atoms with van der Waals surface area (Å²) in [6.07, 6.45) is 19.3. The zero-order valence-electron chi connectivity index (χ0n) is 20.5. The van der Waals surface area contributed by atoms with Gasteiger partial charge in [0.05, 0.1) is 10.8 Å². The summed E-state index contributed by atoms with van der Waals surface area (Å²) in [5, 5.41) is 20.7. The van der Waals surface area contributed by atoms with E-state index in [0.717, 1.165) is 44.1 Å². The number of aliphatic carboxylic acids is 2. The smallest absolute Gasteiger partial charge is 0.311 e. The Kier molecular flexibility index (Phi) is 13.1. The van der Waals surface area contributed by atoms with E-state index >= 15 is 0 Å². The van der Waals surface area contributed by atoms with Gasteiger partial charge in [0.1, 0.15) is 0 Å². The van der Waals surface area contributed by atoms with Crippen LogP contribution in [0.3, 0.4) is 0 Å². The van der Waals surface area contributed by atoms with Crippen LogP contribution in [0.2, 0.25) is 0 Å². The zero-order valence-corrected chi connectivity index (χ0v) is 20.5. The Bertz CT molecular complexity index is 568. The Labute approximate surface area is 190 Å². The summed E-state index contributed by atoms with van der Waals surface area (Å²) in [7, 11) is 0. The molecule has 0 aromatic carbocycles. The molecule has 180 valence electrons. The third-order valence-electron chi connectivity index (χ3n) is 7.53. The monoisotopic (exact) mass is 436 g/mol. The van der Waals surface area contributed by atoms with Crippen LogP contribution in [-0.4, -0.2) is 22.2 Å². The molecule has 0 saturated heterocycles. The maximum absolute atomic E-state index is 12.7. The summed E-state index contributed by atoms with van der Waals surface area (Å²) in [5.41, 5.74) is -1.32. The van der Waals surface area contributed by atoms with E-state index in [2.05, 4.69) is 13.8 Å². The SMILES string of the molecule is CCCCCCCCCC1(C(=O)O)CC=C(C)CC1(CCCCCCCCC)C(=O)O. The second-order valence-corrected chi connectivity index (χ2v) is 9.95. The molecule has 2 atom stereocenters. The van der Waals surface area contributed by atoms with E-state index < -0.39 is 22.8 Å². The standard InChI is InChI=1S/C27H48O4/c1-4-6-8-10-12-14-16-19-26(24(28)29)21-18-23(3)22-27(26,25(30)31)20-17-15-13-11-9-7-5-2/h18H,4-17,19-22H2,1-3H3,(H,28,29)(H,30,31). The molecule has 0 bridgehead atoms. The summed E-state index contributed by atoms with van der Waals surface area (Å²) in [6, 6.07) is 0. The molecular weight excluding hydrogens is 388 g/mol. The molecule has 0 radical (unpaired) electrons. The number of unbranched alkanes of at least 4 members (excludes halogenated alkanes) is 12. The minimum absolute atomic E-state index is 0.354. The van der Waals surface area contributed by atoms with Crippen LogP contribution in [-0.2, 0) is 9.59 Å². The van der Waals surface area contributed by atoms with Crippen molar-refractivity contribution in [3.8, 4) is 0 Å². The molecule has 0 aromatic heterocycles. The molecule has 2 N–H and O–H groups in total. The molecule has 0 aliphatic heterocycles. The first-order chi connectivity index (χ1) is 14.9. The Hall–Kier alpha value is -1.32. The highest BCUT2D eigenvalue weighted by Crippen LogP contribution is 2.56. The van der Waals surface area contributed by atoms with E-state index in [0.29, 0.717) is 25.7 Å². The summed E-state index contributed by atoms with van der Waals surface area (Å²) < 4.78 is 0. The Morgan fingerprint density at radius 3 is 1.52 bits per heavy atom. The van der Waals surface area contributed by atoms with Crippen molar-refractivity contribution in [2.45, 2.75) is 136 Å². The van der Waals surface area contributed by atoms with E-state index in [4.69, 9.17) is 0 Å². The Balaban J connectivity index is 2.84. The number of rotatable bonds is 18. The number of carbonyl (C=O) groups is 2. The lowest BCUT2D eigenvalue weighted by Gasteiger charge is -2.48. The summed E-state index contributed by atoms with van der Waals surface area (Å²) in [6.45, 7) is 6.36. The van der Waals surface area contributed by atoms with Gasteiger partial charge in [0.2, 0.25) is 0 Å². The number of carboxylic acids is 2. The van der Waals surface area contributed by atoms with Crippen LogP contribution in [0, 0.1) is 10.8 Å². The molecule has 1 rings (SSSR count). The number of carboxylic acid groups (broad SMARTS) is 2. The van der Waals surface area contributed by atoms with Crippen molar-refractivity contribution in [3.63, 3.8) is 0 Å². The molecule has 31 heavy (non-hydrogen) atoms. The van der Waals surface area contributed by atoms with E-state index in [1.165, 1.54) is 51.4 Å². The van der Waals surface area contributed by atoms with Crippen molar-refractivity contribution < 1.29 is 19.8 Å². The van der Waals surface area contributed by atoms with E-state index in [9.17, 15) is 19.8 Å². The van der Waals surface area contributed by atoms with E-state index in [1.54, 1.807) is 0 Å². The van der Waals surface area contributed by atoms with Crippen LogP contribution in [0.4, 0.5) is 0 Å². The average molecular weight is 437 g/mol. The topological polar surface area (TPSA) is 74.6 Å². The van der Waals surface area contributed by atoms with Crippen LogP contribution < -0.4 is 0 Å². The van der Waals surface area contributed by atoms with Gasteiger partial charge >= 0.3 is 11.9 Å². The molecule has 4 nitrogen and oxygen atoms in total. The quantitative estimate of drug-likeness (QED) is 0.168. The van der Waals surface area contributed by atoms with Gasteiger partial charge in [-0.25, -0.2) is 0 Å². The molecule has 0 amide bonds. The lowest BCUT2D eigenvalue weighted by Crippen LogP contribution is -2.54. The maximum atomic E-state index is 12.7. The fourth-order valence-electron chi connectivity index (χ4n) is 5.48. The maximum Gasteiger partial charge on any atom is 0.311 e. The molecule has 4 heteroatoms. The summed E-state index contributed by atoms with van der Waals surface area (Å²) in [4.78, 5) is 25.3. The first kappa shape index (κ1) is 27.7. The van der Waals surface area contributed by atoms with Gasteiger partial charge in [-0.3, -0.25) is 9.59 Å². The van der Waals surface area contributed by atoms with Gasteiger partial charge in [-0.15, -0.1) is 0 Å². The average Bonchev–Trinajstić information content (AvgIpc) is 2.73. The molecular formula is C27H48O4. The minimum atomic E-state index is -1.18. The summed E-state index contributed by atoms with van der Waals surface area (Å²) >= 11 is 0. The zero-order chi connectivity index (χ0) is 23.2. The predicted octanol–water partition coefficient (Wildman–Crippen LogP) is 8.15. The highest BCUT2D eigenvalue weighted by Gasteiger charge is 2.61. The first-order valence-electron chi connectivity index (χ1n) is 13.0. The van der Waals surface area contributed by atoms with Gasteiger partial charge in [0.15, 0.2) is 0 Å². The van der Waals surface area contributed by atoms with Crippen molar-refractivity contribution in [1.29, 1.82) is 0 Å². The Morgan fingerprint density at radius 2 is 1.10 bits per heavy atom. The minimum Gasteiger partial charge on any atom is -0.481 e. The van der Waals surface area contributed by atoms with Crippen LogP contribution in [0.5, 0.6) is 0 Å². The van der Waals surface area contributed by atoms with Gasteiger partial charge in [-0.1, -0.05) is 115 Å². The molecule has 0 spiro atoms. The van der Waals surface area contributed by atoms with Crippen LogP contribution in [0.15, 0.2) is 11.6 Å². The van der Waals surface area contributed by atoms with Gasteiger partial charge in [-0.2, -0.15) is 0 Å². The predicted molar refractivity (Wildman–Crippen MR) is 128 cm³/mol. The first-order valence-corrected chi connectivity index (χ1v) is 13.0.